The predicted molar refractivity (Wildman–Crippen MR) is 103 cm³/mol. The zero-order valence-corrected chi connectivity index (χ0v) is 14.6. The van der Waals surface area contributed by atoms with Gasteiger partial charge in [0.15, 0.2) is 0 Å². The number of rotatable bonds is 5. The number of fused-ring (bicyclic) bond motifs is 1. The van der Waals surface area contributed by atoms with E-state index in [1.54, 1.807) is 23.3 Å². The lowest BCUT2D eigenvalue weighted by molar-refractivity contribution is 0.0719. The highest BCUT2D eigenvalue weighted by atomic mass is 16.3. The fourth-order valence-electron chi connectivity index (χ4n) is 3.15. The largest absolute Gasteiger partial charge is 0.467 e. The minimum absolute atomic E-state index is 0.211. The van der Waals surface area contributed by atoms with E-state index in [2.05, 4.69) is 4.98 Å². The van der Waals surface area contributed by atoms with E-state index >= 15 is 0 Å². The zero-order valence-electron chi connectivity index (χ0n) is 14.6. The molecule has 0 aliphatic carbocycles. The molecule has 1 N–H and O–H groups in total. The number of furan rings is 1. The number of nitrogens with zero attached hydrogens (tertiary/aromatic N) is 1. The van der Waals surface area contributed by atoms with Crippen LogP contribution < -0.4 is 5.56 Å². The van der Waals surface area contributed by atoms with Gasteiger partial charge in [-0.15, -0.1) is 0 Å². The fraction of sp³-hybridized carbons (Fsp3) is 0.0909. The number of H-pyrrole nitrogens is 1. The number of hydrogen-bond donors (Lipinski definition) is 1. The van der Waals surface area contributed by atoms with Gasteiger partial charge in [0.2, 0.25) is 5.56 Å². The fourth-order valence-corrected chi connectivity index (χ4v) is 3.15. The molecule has 27 heavy (non-hydrogen) atoms. The van der Waals surface area contributed by atoms with Crippen LogP contribution in [0.25, 0.3) is 10.9 Å². The Morgan fingerprint density at radius 3 is 2.48 bits per heavy atom. The Morgan fingerprint density at radius 1 is 0.926 bits per heavy atom. The molecule has 2 heterocycles. The minimum atomic E-state index is -0.297. The van der Waals surface area contributed by atoms with Crippen molar-refractivity contribution in [2.24, 2.45) is 0 Å². The quantitative estimate of drug-likeness (QED) is 0.587. The van der Waals surface area contributed by atoms with E-state index in [1.165, 1.54) is 6.07 Å². The molecular weight excluding hydrogens is 340 g/mol. The Kier molecular flexibility index (Phi) is 4.58. The maximum absolute atomic E-state index is 13.4. The van der Waals surface area contributed by atoms with Crippen molar-refractivity contribution < 1.29 is 9.21 Å². The summed E-state index contributed by atoms with van der Waals surface area (Å²) in [7, 11) is 0. The SMILES string of the molecule is O=C(c1cc(=O)[nH]c2ccccc12)N(Cc1ccccc1)Cc1ccco1. The zero-order chi connectivity index (χ0) is 18.6. The summed E-state index contributed by atoms with van der Waals surface area (Å²) in [6.45, 7) is 0.739. The molecular formula is C22H18N2O3. The lowest BCUT2D eigenvalue weighted by atomic mass is 10.1. The van der Waals surface area contributed by atoms with Gasteiger partial charge in [0.25, 0.3) is 5.91 Å². The number of amides is 1. The van der Waals surface area contributed by atoms with E-state index in [1.807, 2.05) is 54.6 Å². The third-order valence-corrected chi connectivity index (χ3v) is 4.41. The van der Waals surface area contributed by atoms with Crippen molar-refractivity contribution in [2.45, 2.75) is 13.1 Å². The van der Waals surface area contributed by atoms with Crippen molar-refractivity contribution in [3.8, 4) is 0 Å². The third-order valence-electron chi connectivity index (χ3n) is 4.41. The van der Waals surface area contributed by atoms with Gasteiger partial charge in [0.1, 0.15) is 5.76 Å². The number of carbonyl (C=O) groups excluding carboxylic acids is 1. The molecule has 4 aromatic rings. The van der Waals surface area contributed by atoms with Gasteiger partial charge in [-0.3, -0.25) is 9.59 Å². The van der Waals surface area contributed by atoms with E-state index in [-0.39, 0.29) is 11.5 Å². The van der Waals surface area contributed by atoms with Gasteiger partial charge in [0, 0.05) is 23.5 Å². The lowest BCUT2D eigenvalue weighted by Gasteiger charge is -2.22. The van der Waals surface area contributed by atoms with Crippen molar-refractivity contribution >= 4 is 16.8 Å². The highest BCUT2D eigenvalue weighted by Gasteiger charge is 2.20. The smallest absolute Gasteiger partial charge is 0.255 e. The summed E-state index contributed by atoms with van der Waals surface area (Å²) in [5, 5.41) is 0.722. The second-order valence-corrected chi connectivity index (χ2v) is 6.32. The molecule has 5 nitrogen and oxygen atoms in total. The first-order valence-electron chi connectivity index (χ1n) is 8.68. The Labute approximate surface area is 155 Å². The number of nitrogens with one attached hydrogen (secondary N) is 1. The van der Waals surface area contributed by atoms with Crippen LogP contribution in [-0.4, -0.2) is 15.8 Å². The van der Waals surface area contributed by atoms with Gasteiger partial charge in [-0.1, -0.05) is 48.5 Å². The van der Waals surface area contributed by atoms with Crippen molar-refractivity contribution in [1.82, 2.24) is 9.88 Å². The van der Waals surface area contributed by atoms with Gasteiger partial charge in [-0.25, -0.2) is 0 Å². The van der Waals surface area contributed by atoms with Crippen LogP contribution in [0, 0.1) is 0 Å². The molecule has 0 aliphatic rings. The van der Waals surface area contributed by atoms with Crippen molar-refractivity contribution in [2.75, 3.05) is 0 Å². The number of aromatic nitrogens is 1. The molecule has 4 rings (SSSR count). The topological polar surface area (TPSA) is 66.3 Å². The first-order valence-corrected chi connectivity index (χ1v) is 8.68. The molecule has 0 saturated carbocycles. The Hall–Kier alpha value is -3.60. The molecule has 0 aliphatic heterocycles. The first kappa shape index (κ1) is 16.8. The third kappa shape index (κ3) is 3.67. The summed E-state index contributed by atoms with van der Waals surface area (Å²) in [4.78, 5) is 29.9. The van der Waals surface area contributed by atoms with Crippen molar-refractivity contribution in [3.05, 3.63) is 106 Å². The molecule has 0 unspecified atom stereocenters. The average molecular weight is 358 g/mol. The Bertz CT molecular complexity index is 1120. The van der Waals surface area contributed by atoms with Gasteiger partial charge in [0.05, 0.1) is 18.4 Å². The van der Waals surface area contributed by atoms with Gasteiger partial charge in [-0.2, -0.15) is 0 Å². The molecule has 0 saturated heterocycles. The first-order chi connectivity index (χ1) is 13.2. The maximum Gasteiger partial charge on any atom is 0.255 e. The van der Waals surface area contributed by atoms with Gasteiger partial charge >= 0.3 is 0 Å². The van der Waals surface area contributed by atoms with E-state index in [0.29, 0.717) is 29.9 Å². The van der Waals surface area contributed by atoms with Crippen LogP contribution in [-0.2, 0) is 13.1 Å². The molecule has 1 amide bonds. The number of benzene rings is 2. The van der Waals surface area contributed by atoms with E-state index in [4.69, 9.17) is 4.42 Å². The molecule has 2 aromatic carbocycles. The summed E-state index contributed by atoms with van der Waals surface area (Å²) in [5.41, 5.74) is 1.74. The van der Waals surface area contributed by atoms with Crippen LogP contribution >= 0.6 is 0 Å². The number of aromatic amines is 1. The molecule has 5 heteroatoms. The van der Waals surface area contributed by atoms with Crippen LogP contribution in [0.15, 0.2) is 88.3 Å². The molecule has 0 atom stereocenters. The van der Waals surface area contributed by atoms with Gasteiger partial charge in [-0.05, 0) is 23.8 Å². The number of pyridine rings is 1. The van der Waals surface area contributed by atoms with E-state index < -0.39 is 0 Å². The molecule has 2 aromatic heterocycles. The minimum Gasteiger partial charge on any atom is -0.467 e. The predicted octanol–water partition coefficient (Wildman–Crippen LogP) is 3.96. The summed E-state index contributed by atoms with van der Waals surface area (Å²) in [6.07, 6.45) is 1.59. The van der Waals surface area contributed by atoms with Crippen LogP contribution in [0.3, 0.4) is 0 Å². The highest BCUT2D eigenvalue weighted by molar-refractivity contribution is 6.05. The average Bonchev–Trinajstić information content (AvgIpc) is 3.20. The molecule has 0 spiro atoms. The van der Waals surface area contributed by atoms with E-state index in [9.17, 15) is 9.59 Å². The highest BCUT2D eigenvalue weighted by Crippen LogP contribution is 2.19. The Balaban J connectivity index is 1.75. The van der Waals surface area contributed by atoms with Crippen LogP contribution in [0.5, 0.6) is 0 Å². The summed E-state index contributed by atoms with van der Waals surface area (Å²) in [5.74, 6) is 0.478. The van der Waals surface area contributed by atoms with E-state index in [0.717, 1.165) is 10.9 Å². The summed E-state index contributed by atoms with van der Waals surface area (Å²) >= 11 is 0. The summed E-state index contributed by atoms with van der Waals surface area (Å²) < 4.78 is 5.44. The normalized spacial score (nSPS) is 10.8. The monoisotopic (exact) mass is 358 g/mol. The van der Waals surface area contributed by atoms with Crippen LogP contribution in [0.4, 0.5) is 0 Å². The Morgan fingerprint density at radius 2 is 1.70 bits per heavy atom. The van der Waals surface area contributed by atoms with Crippen LogP contribution in [0.1, 0.15) is 21.7 Å². The van der Waals surface area contributed by atoms with Gasteiger partial charge < -0.3 is 14.3 Å². The molecule has 0 radical (unpaired) electrons. The maximum atomic E-state index is 13.4. The van der Waals surface area contributed by atoms with Crippen molar-refractivity contribution in [3.63, 3.8) is 0 Å². The van der Waals surface area contributed by atoms with Crippen molar-refractivity contribution in [1.29, 1.82) is 0 Å². The molecule has 134 valence electrons. The second-order valence-electron chi connectivity index (χ2n) is 6.32. The standard InChI is InChI=1S/C22H18N2O3/c25-21-13-19(18-10-4-5-11-20(18)23-21)22(26)24(15-17-9-6-12-27-17)14-16-7-2-1-3-8-16/h1-13H,14-15H2,(H,23,25). The number of para-hydroxylation sites is 1. The molecule has 0 fully saturated rings. The summed E-state index contributed by atoms with van der Waals surface area (Å²) in [6, 6.07) is 22.1. The lowest BCUT2D eigenvalue weighted by Crippen LogP contribution is -2.31. The molecule has 0 bridgehead atoms. The van der Waals surface area contributed by atoms with Crippen LogP contribution in [0.2, 0.25) is 0 Å². The number of carbonyl (C=O) groups is 1. The second kappa shape index (κ2) is 7.33. The number of hydrogen-bond acceptors (Lipinski definition) is 3.